The van der Waals surface area contributed by atoms with Gasteiger partial charge in [0.25, 0.3) is 0 Å². The second kappa shape index (κ2) is 9.75. The van der Waals surface area contributed by atoms with Gasteiger partial charge in [0.2, 0.25) is 5.91 Å². The number of carbonyl (C=O) groups is 1. The fraction of sp³-hybridized carbons (Fsp3) is 0.500. The van der Waals surface area contributed by atoms with Gasteiger partial charge in [0.1, 0.15) is 0 Å². The third kappa shape index (κ3) is 6.01. The van der Waals surface area contributed by atoms with Crippen LogP contribution in [0, 0.1) is 5.92 Å². The van der Waals surface area contributed by atoms with Crippen molar-refractivity contribution in [3.8, 4) is 0 Å². The fourth-order valence-electron chi connectivity index (χ4n) is 2.44. The van der Waals surface area contributed by atoms with Crippen molar-refractivity contribution in [3.05, 3.63) is 30.6 Å². The largest absolute Gasteiger partial charge is 0.355 e. The molecule has 1 amide bonds. The van der Waals surface area contributed by atoms with Gasteiger partial charge in [-0.15, -0.1) is 24.8 Å². The molecule has 3 rings (SSSR count). The summed E-state index contributed by atoms with van der Waals surface area (Å²) in [7, 11) is 0. The first-order valence-electron chi connectivity index (χ1n) is 7.70. The molecule has 0 bridgehead atoms. The Bertz CT molecular complexity index is 613. The molecule has 23 heavy (non-hydrogen) atoms. The number of nitrogens with one attached hydrogen (secondary N) is 2. The number of aromatic nitrogens is 2. The highest BCUT2D eigenvalue weighted by atomic mass is 35.5. The SMILES string of the molecule is Cl.Cl.O=C(CNCC1CC1)NCCCn1cnc2ccccc21. The molecule has 5 nitrogen and oxygen atoms in total. The first kappa shape index (κ1) is 19.7. The lowest BCUT2D eigenvalue weighted by Gasteiger charge is -2.07. The van der Waals surface area contributed by atoms with Crippen molar-refractivity contribution in [3.63, 3.8) is 0 Å². The minimum atomic E-state index is 0. The molecule has 0 atom stereocenters. The zero-order chi connectivity index (χ0) is 14.5. The van der Waals surface area contributed by atoms with E-state index in [0.29, 0.717) is 13.1 Å². The van der Waals surface area contributed by atoms with E-state index in [2.05, 4.69) is 26.3 Å². The number of aryl methyl sites for hydroxylation is 1. The summed E-state index contributed by atoms with van der Waals surface area (Å²) in [4.78, 5) is 16.0. The van der Waals surface area contributed by atoms with Crippen LogP contribution >= 0.6 is 24.8 Å². The molecule has 1 heterocycles. The van der Waals surface area contributed by atoms with Crippen LogP contribution in [0.15, 0.2) is 30.6 Å². The average molecular weight is 359 g/mol. The van der Waals surface area contributed by atoms with Gasteiger partial charge in [-0.1, -0.05) is 12.1 Å². The molecule has 1 fully saturated rings. The molecule has 1 aromatic heterocycles. The lowest BCUT2D eigenvalue weighted by atomic mass is 10.3. The predicted octanol–water partition coefficient (Wildman–Crippen LogP) is 2.39. The molecule has 0 saturated heterocycles. The molecule has 0 radical (unpaired) electrons. The smallest absolute Gasteiger partial charge is 0.233 e. The number of fused-ring (bicyclic) bond motifs is 1. The monoisotopic (exact) mass is 358 g/mol. The zero-order valence-electron chi connectivity index (χ0n) is 13.0. The maximum absolute atomic E-state index is 11.6. The van der Waals surface area contributed by atoms with E-state index < -0.39 is 0 Å². The molecule has 0 aliphatic heterocycles. The van der Waals surface area contributed by atoms with Gasteiger partial charge in [0, 0.05) is 13.1 Å². The van der Waals surface area contributed by atoms with Gasteiger partial charge in [-0.25, -0.2) is 4.98 Å². The number of carbonyl (C=O) groups excluding carboxylic acids is 1. The van der Waals surface area contributed by atoms with Crippen molar-refractivity contribution in [2.24, 2.45) is 5.92 Å². The number of amides is 1. The van der Waals surface area contributed by atoms with E-state index >= 15 is 0 Å². The molecule has 2 N–H and O–H groups in total. The first-order valence-corrected chi connectivity index (χ1v) is 7.70. The molecular weight excluding hydrogens is 335 g/mol. The molecule has 7 heteroatoms. The lowest BCUT2D eigenvalue weighted by Crippen LogP contribution is -2.35. The van der Waals surface area contributed by atoms with Gasteiger partial charge in [-0.3, -0.25) is 4.79 Å². The number of rotatable bonds is 8. The third-order valence-electron chi connectivity index (χ3n) is 3.84. The van der Waals surface area contributed by atoms with E-state index in [1.165, 1.54) is 12.8 Å². The highest BCUT2D eigenvalue weighted by Crippen LogP contribution is 2.27. The lowest BCUT2D eigenvalue weighted by molar-refractivity contribution is -0.120. The van der Waals surface area contributed by atoms with E-state index in [9.17, 15) is 4.79 Å². The Morgan fingerprint density at radius 1 is 1.26 bits per heavy atom. The van der Waals surface area contributed by atoms with E-state index in [4.69, 9.17) is 0 Å². The van der Waals surface area contributed by atoms with Crippen LogP contribution in [0.25, 0.3) is 11.0 Å². The Morgan fingerprint density at radius 2 is 2.04 bits per heavy atom. The molecule has 1 aromatic carbocycles. The first-order chi connectivity index (χ1) is 10.3. The summed E-state index contributed by atoms with van der Waals surface area (Å²) < 4.78 is 2.13. The summed E-state index contributed by atoms with van der Waals surface area (Å²) in [5, 5.41) is 6.15. The predicted molar refractivity (Wildman–Crippen MR) is 97.4 cm³/mol. The summed E-state index contributed by atoms with van der Waals surface area (Å²) in [6, 6.07) is 8.10. The molecule has 0 spiro atoms. The number of hydrogen-bond donors (Lipinski definition) is 2. The summed E-state index contributed by atoms with van der Waals surface area (Å²) >= 11 is 0. The fourth-order valence-corrected chi connectivity index (χ4v) is 2.44. The number of imidazole rings is 1. The topological polar surface area (TPSA) is 59.0 Å². The molecule has 128 valence electrons. The van der Waals surface area contributed by atoms with E-state index in [-0.39, 0.29) is 30.7 Å². The second-order valence-electron chi connectivity index (χ2n) is 5.70. The average Bonchev–Trinajstić information content (AvgIpc) is 3.23. The zero-order valence-corrected chi connectivity index (χ0v) is 14.7. The van der Waals surface area contributed by atoms with Crippen LogP contribution < -0.4 is 10.6 Å². The molecule has 1 saturated carbocycles. The number of para-hydroxylation sites is 2. The minimum absolute atomic E-state index is 0. The van der Waals surface area contributed by atoms with Crippen LogP contribution in [-0.2, 0) is 11.3 Å². The maximum atomic E-state index is 11.6. The van der Waals surface area contributed by atoms with Crippen LogP contribution in [0.2, 0.25) is 0 Å². The normalized spacial score (nSPS) is 13.2. The molecule has 1 aliphatic rings. The van der Waals surface area contributed by atoms with Crippen molar-refractivity contribution >= 4 is 41.8 Å². The number of nitrogens with zero attached hydrogens (tertiary/aromatic N) is 2. The Labute approximate surface area is 149 Å². The molecular formula is C16H24Cl2N4O. The molecule has 0 unspecified atom stereocenters. The van der Waals surface area contributed by atoms with Crippen molar-refractivity contribution in [1.82, 2.24) is 20.2 Å². The van der Waals surface area contributed by atoms with Crippen molar-refractivity contribution in [2.75, 3.05) is 19.6 Å². The van der Waals surface area contributed by atoms with Gasteiger partial charge < -0.3 is 15.2 Å². The van der Waals surface area contributed by atoms with Crippen molar-refractivity contribution in [2.45, 2.75) is 25.8 Å². The summed E-state index contributed by atoms with van der Waals surface area (Å²) in [5.74, 6) is 0.901. The molecule has 2 aromatic rings. The molecule has 1 aliphatic carbocycles. The van der Waals surface area contributed by atoms with Crippen LogP contribution in [0.5, 0.6) is 0 Å². The van der Waals surface area contributed by atoms with Gasteiger partial charge in [0.15, 0.2) is 0 Å². The Kier molecular flexibility index (Phi) is 8.37. The van der Waals surface area contributed by atoms with Crippen molar-refractivity contribution < 1.29 is 4.79 Å². The minimum Gasteiger partial charge on any atom is -0.355 e. The van der Waals surface area contributed by atoms with E-state index in [0.717, 1.165) is 36.5 Å². The number of halogens is 2. The highest BCUT2D eigenvalue weighted by Gasteiger charge is 2.20. The van der Waals surface area contributed by atoms with Crippen LogP contribution in [0.4, 0.5) is 0 Å². The Balaban J connectivity index is 0.00000132. The van der Waals surface area contributed by atoms with Gasteiger partial charge in [0.05, 0.1) is 23.9 Å². The van der Waals surface area contributed by atoms with Crippen LogP contribution in [0.3, 0.4) is 0 Å². The second-order valence-corrected chi connectivity index (χ2v) is 5.70. The Morgan fingerprint density at radius 3 is 2.83 bits per heavy atom. The number of hydrogen-bond acceptors (Lipinski definition) is 3. The maximum Gasteiger partial charge on any atom is 0.233 e. The van der Waals surface area contributed by atoms with Crippen molar-refractivity contribution in [1.29, 1.82) is 0 Å². The van der Waals surface area contributed by atoms with Gasteiger partial charge in [-0.2, -0.15) is 0 Å². The third-order valence-corrected chi connectivity index (χ3v) is 3.84. The quantitative estimate of drug-likeness (QED) is 0.712. The van der Waals surface area contributed by atoms with Crippen LogP contribution in [-0.4, -0.2) is 35.1 Å². The van der Waals surface area contributed by atoms with E-state index in [1.807, 2.05) is 24.5 Å². The standard InChI is InChI=1S/C16H22N4O.2ClH/c21-16(11-17-10-13-6-7-13)18-8-3-9-20-12-19-14-4-1-2-5-15(14)20;;/h1-2,4-5,12-13,17H,3,6-11H2,(H,18,21);2*1H. The Hall–Kier alpha value is -1.30. The van der Waals surface area contributed by atoms with Gasteiger partial charge in [-0.05, 0) is 43.9 Å². The van der Waals surface area contributed by atoms with E-state index in [1.54, 1.807) is 0 Å². The summed E-state index contributed by atoms with van der Waals surface area (Å²) in [5.41, 5.74) is 2.17. The summed E-state index contributed by atoms with van der Waals surface area (Å²) in [6.45, 7) is 2.99. The van der Waals surface area contributed by atoms with Crippen LogP contribution in [0.1, 0.15) is 19.3 Å². The van der Waals surface area contributed by atoms with Gasteiger partial charge >= 0.3 is 0 Å². The summed E-state index contributed by atoms with van der Waals surface area (Å²) in [6.07, 6.45) is 5.40. The number of benzene rings is 1. The highest BCUT2D eigenvalue weighted by molar-refractivity contribution is 5.85.